The number of phosphoric acid groups is 2. The van der Waals surface area contributed by atoms with Gasteiger partial charge in [0.15, 0.2) is 12.2 Å². The van der Waals surface area contributed by atoms with Crippen molar-refractivity contribution in [3.05, 3.63) is 0 Å². The Morgan fingerprint density at radius 1 is 0.283 bits per heavy atom. The first-order valence-corrected chi connectivity index (χ1v) is 44.2. The summed E-state index contributed by atoms with van der Waals surface area (Å²) in [4.78, 5) is 72.8. The molecule has 0 spiro atoms. The number of rotatable bonds is 77. The first kappa shape index (κ1) is 97.1. The van der Waals surface area contributed by atoms with Crippen molar-refractivity contribution in [2.24, 2.45) is 23.7 Å². The molecule has 0 aromatic rings. The van der Waals surface area contributed by atoms with Crippen LogP contribution in [0.5, 0.6) is 0 Å². The van der Waals surface area contributed by atoms with Gasteiger partial charge >= 0.3 is 39.5 Å². The molecule has 588 valence electrons. The van der Waals surface area contributed by atoms with E-state index in [1.807, 2.05) is 0 Å². The van der Waals surface area contributed by atoms with Gasteiger partial charge in [0.1, 0.15) is 19.3 Å². The number of phosphoric ester groups is 2. The Morgan fingerprint density at radius 3 is 0.717 bits per heavy atom. The summed E-state index contributed by atoms with van der Waals surface area (Å²) >= 11 is 0. The fourth-order valence-corrected chi connectivity index (χ4v) is 13.8. The van der Waals surface area contributed by atoms with Gasteiger partial charge in [0, 0.05) is 25.7 Å². The molecule has 0 saturated carbocycles. The molecule has 0 radical (unpaired) electrons. The topological polar surface area (TPSA) is 237 Å². The lowest BCUT2D eigenvalue weighted by Crippen LogP contribution is -2.30. The Kier molecular flexibility index (Phi) is 67.8. The highest BCUT2D eigenvalue weighted by Crippen LogP contribution is 2.45. The molecule has 99 heavy (non-hydrogen) atoms. The van der Waals surface area contributed by atoms with Gasteiger partial charge in [0.2, 0.25) is 0 Å². The molecule has 0 saturated heterocycles. The SMILES string of the molecule is CCC(C)CCCCCCCCC(=O)OC[C@H](COP(=O)(O)OC[C@H](O)COP(=O)(O)OC[C@@H](COC(=O)CCCCCCCCCCCCCCCCCCC(C)C)OC(=O)CCCCCCCCC(C)C)OC(=O)CCCCCCCCCCCCCCCCCCCCC(C)C. The zero-order chi connectivity index (χ0) is 73.1. The summed E-state index contributed by atoms with van der Waals surface area (Å²) in [7, 11) is -9.92. The smallest absolute Gasteiger partial charge is 0.462 e. The lowest BCUT2D eigenvalue weighted by Gasteiger charge is -2.21. The lowest BCUT2D eigenvalue weighted by molar-refractivity contribution is -0.161. The van der Waals surface area contributed by atoms with E-state index in [0.29, 0.717) is 31.6 Å². The average molecular weight is 1450 g/mol. The molecule has 17 nitrogen and oxygen atoms in total. The monoisotopic (exact) mass is 1450 g/mol. The van der Waals surface area contributed by atoms with Gasteiger partial charge in [-0.1, -0.05) is 357 Å². The highest BCUT2D eigenvalue weighted by atomic mass is 31.2. The van der Waals surface area contributed by atoms with E-state index in [-0.39, 0.29) is 25.7 Å². The minimum Gasteiger partial charge on any atom is -0.462 e. The van der Waals surface area contributed by atoms with Gasteiger partial charge in [0.25, 0.3) is 0 Å². The minimum absolute atomic E-state index is 0.102. The van der Waals surface area contributed by atoms with E-state index in [2.05, 4.69) is 55.4 Å². The fraction of sp³-hybridized carbons (Fsp3) is 0.950. The fourth-order valence-electron chi connectivity index (χ4n) is 12.2. The maximum Gasteiger partial charge on any atom is 0.472 e. The molecule has 0 aliphatic rings. The Labute approximate surface area is 607 Å². The molecule has 0 aromatic heterocycles. The minimum atomic E-state index is -4.96. The van der Waals surface area contributed by atoms with Gasteiger partial charge in [-0.3, -0.25) is 37.3 Å². The summed E-state index contributed by atoms with van der Waals surface area (Å²) in [6, 6.07) is 0. The van der Waals surface area contributed by atoms with Crippen LogP contribution in [0, 0.1) is 23.7 Å². The van der Waals surface area contributed by atoms with Gasteiger partial charge in [-0.15, -0.1) is 0 Å². The number of esters is 4. The van der Waals surface area contributed by atoms with Crippen molar-refractivity contribution in [1.82, 2.24) is 0 Å². The number of carbonyl (C=O) groups excluding carboxylic acids is 4. The van der Waals surface area contributed by atoms with Crippen molar-refractivity contribution in [3.8, 4) is 0 Å². The van der Waals surface area contributed by atoms with Crippen molar-refractivity contribution in [3.63, 3.8) is 0 Å². The molecule has 3 N–H and O–H groups in total. The van der Waals surface area contributed by atoms with Crippen LogP contribution in [0.3, 0.4) is 0 Å². The Hall–Kier alpha value is -1.94. The summed E-state index contributed by atoms with van der Waals surface area (Å²) in [5.74, 6) is 0.911. The zero-order valence-corrected chi connectivity index (χ0v) is 66.9. The number of unbranched alkanes of at least 4 members (excludes halogenated alkanes) is 42. The Morgan fingerprint density at radius 2 is 0.485 bits per heavy atom. The van der Waals surface area contributed by atoms with Gasteiger partial charge in [0.05, 0.1) is 26.4 Å². The third kappa shape index (κ3) is 72.8. The standard InChI is InChI=1S/C80H156O17P2/c1-9-73(8)59-51-43-37-39-45-53-61-78(83)91-67-75(96-79(84)62-54-46-35-31-27-23-19-13-11-10-12-16-20-24-28-32-40-48-56-70(2)3)68-94-98(86,87)92-64-74(81)65-93-99(88,89)95-69-76(97-80(85)63-55-47-38-36-42-50-58-72(6)7)66-90-77(82)60-52-44-34-30-26-22-18-15-14-17-21-25-29-33-41-49-57-71(4)5/h70-76,81H,9-69H2,1-8H3,(H,86,87)(H,88,89)/t73?,74-,75+,76+/m0/s1. The van der Waals surface area contributed by atoms with Crippen molar-refractivity contribution in [1.29, 1.82) is 0 Å². The van der Waals surface area contributed by atoms with E-state index in [9.17, 15) is 43.2 Å². The van der Waals surface area contributed by atoms with Crippen molar-refractivity contribution >= 4 is 39.5 Å². The van der Waals surface area contributed by atoms with E-state index < -0.39 is 97.5 Å². The van der Waals surface area contributed by atoms with E-state index in [4.69, 9.17) is 37.0 Å². The maximum absolute atomic E-state index is 13.1. The number of hydrogen-bond acceptors (Lipinski definition) is 15. The van der Waals surface area contributed by atoms with Crippen LogP contribution in [-0.4, -0.2) is 96.7 Å². The van der Waals surface area contributed by atoms with E-state index in [0.717, 1.165) is 114 Å². The van der Waals surface area contributed by atoms with E-state index >= 15 is 0 Å². The van der Waals surface area contributed by atoms with Crippen LogP contribution in [0.25, 0.3) is 0 Å². The van der Waals surface area contributed by atoms with Crippen LogP contribution in [0.4, 0.5) is 0 Å². The van der Waals surface area contributed by atoms with Crippen LogP contribution in [0.1, 0.15) is 409 Å². The number of carbonyl (C=O) groups is 4. The van der Waals surface area contributed by atoms with E-state index in [1.165, 1.54) is 205 Å². The van der Waals surface area contributed by atoms with Gasteiger partial charge < -0.3 is 33.8 Å². The second-order valence-electron chi connectivity index (χ2n) is 30.5. The van der Waals surface area contributed by atoms with E-state index in [1.54, 1.807) is 0 Å². The summed E-state index contributed by atoms with van der Waals surface area (Å²) in [5.41, 5.74) is 0. The third-order valence-electron chi connectivity index (χ3n) is 18.9. The number of hydrogen-bond donors (Lipinski definition) is 3. The van der Waals surface area contributed by atoms with Crippen LogP contribution in [0.15, 0.2) is 0 Å². The summed E-state index contributed by atoms with van der Waals surface area (Å²) < 4.78 is 68.6. The van der Waals surface area contributed by atoms with Crippen LogP contribution < -0.4 is 0 Å². The first-order valence-electron chi connectivity index (χ1n) is 41.2. The average Bonchev–Trinajstić information content (AvgIpc) is 1.08. The zero-order valence-electron chi connectivity index (χ0n) is 65.1. The van der Waals surface area contributed by atoms with Crippen LogP contribution in [-0.2, 0) is 65.4 Å². The summed E-state index contributed by atoms with van der Waals surface area (Å²) in [5, 5.41) is 10.6. The molecular formula is C80H156O17P2. The van der Waals surface area contributed by atoms with Crippen LogP contribution >= 0.6 is 15.6 Å². The van der Waals surface area contributed by atoms with Crippen molar-refractivity contribution in [2.75, 3.05) is 39.6 Å². The third-order valence-corrected chi connectivity index (χ3v) is 20.8. The number of aliphatic hydroxyl groups excluding tert-OH is 1. The number of aliphatic hydroxyl groups is 1. The summed E-state index contributed by atoms with van der Waals surface area (Å²) in [6.45, 7) is 14.2. The van der Waals surface area contributed by atoms with Crippen molar-refractivity contribution < 1.29 is 80.2 Å². The van der Waals surface area contributed by atoms with Crippen molar-refractivity contribution in [2.45, 2.75) is 427 Å². The lowest BCUT2D eigenvalue weighted by atomic mass is 10.00. The van der Waals surface area contributed by atoms with Gasteiger partial charge in [-0.25, -0.2) is 9.13 Å². The second-order valence-corrected chi connectivity index (χ2v) is 33.4. The van der Waals surface area contributed by atoms with Crippen LogP contribution in [0.2, 0.25) is 0 Å². The predicted molar refractivity (Wildman–Crippen MR) is 404 cm³/mol. The molecule has 0 heterocycles. The van der Waals surface area contributed by atoms with Gasteiger partial charge in [-0.05, 0) is 49.4 Å². The number of ether oxygens (including phenoxy) is 4. The Bertz CT molecular complexity index is 1940. The Balaban J connectivity index is 5.12. The molecule has 19 heteroatoms. The molecule has 3 unspecified atom stereocenters. The normalized spacial score (nSPS) is 14.3. The molecule has 0 bridgehead atoms. The molecule has 0 aliphatic carbocycles. The molecule has 0 aromatic carbocycles. The molecule has 6 atom stereocenters. The maximum atomic E-state index is 13.1. The quantitative estimate of drug-likeness (QED) is 0.0222. The molecular weight excluding hydrogens is 1290 g/mol. The second kappa shape index (κ2) is 69.1. The summed E-state index contributed by atoms with van der Waals surface area (Å²) in [6.07, 6.45) is 55.9. The molecule has 0 aliphatic heterocycles. The highest BCUT2D eigenvalue weighted by molar-refractivity contribution is 7.47. The molecule has 0 fully saturated rings. The molecule has 0 rings (SSSR count). The predicted octanol–water partition coefficient (Wildman–Crippen LogP) is 23.6. The first-order chi connectivity index (χ1) is 47.6. The largest absolute Gasteiger partial charge is 0.472 e. The van der Waals surface area contributed by atoms with Gasteiger partial charge in [-0.2, -0.15) is 0 Å². The highest BCUT2D eigenvalue weighted by Gasteiger charge is 2.30. The molecule has 0 amide bonds.